The van der Waals surface area contributed by atoms with Gasteiger partial charge in [0.15, 0.2) is 11.5 Å². The molecule has 0 aliphatic heterocycles. The van der Waals surface area contributed by atoms with Gasteiger partial charge in [-0.2, -0.15) is 0 Å². The van der Waals surface area contributed by atoms with Gasteiger partial charge >= 0.3 is 5.97 Å². The van der Waals surface area contributed by atoms with Gasteiger partial charge in [-0.3, -0.25) is 9.52 Å². The number of nitrogens with one attached hydrogen (secondary N) is 1. The van der Waals surface area contributed by atoms with Crippen molar-refractivity contribution in [3.63, 3.8) is 0 Å². The van der Waals surface area contributed by atoms with Crippen LogP contribution >= 0.6 is 0 Å². The number of anilines is 1. The Bertz CT molecular complexity index is 596. The van der Waals surface area contributed by atoms with E-state index in [1.807, 2.05) is 0 Å². The van der Waals surface area contributed by atoms with E-state index in [0.29, 0.717) is 22.7 Å². The van der Waals surface area contributed by atoms with E-state index in [1.165, 1.54) is 20.3 Å². The molecule has 2 N–H and O–H groups in total. The predicted octanol–water partition coefficient (Wildman–Crippen LogP) is 1.23. The van der Waals surface area contributed by atoms with Gasteiger partial charge in [0.25, 0.3) is 0 Å². The molecule has 0 spiro atoms. The maximum atomic E-state index is 11.8. The van der Waals surface area contributed by atoms with Crippen molar-refractivity contribution in [2.45, 2.75) is 13.3 Å². The molecule has 0 saturated heterocycles. The highest BCUT2D eigenvalue weighted by Crippen LogP contribution is 2.33. The highest BCUT2D eigenvalue weighted by molar-refractivity contribution is 7.92. The van der Waals surface area contributed by atoms with Crippen LogP contribution in [0.1, 0.15) is 12.0 Å². The van der Waals surface area contributed by atoms with E-state index in [0.717, 1.165) is 0 Å². The van der Waals surface area contributed by atoms with Gasteiger partial charge in [0, 0.05) is 6.07 Å². The van der Waals surface area contributed by atoms with Gasteiger partial charge in [-0.1, -0.05) is 0 Å². The molecule has 0 saturated carbocycles. The average molecular weight is 303 g/mol. The molecule has 0 unspecified atom stereocenters. The first-order valence-corrected chi connectivity index (χ1v) is 7.39. The van der Waals surface area contributed by atoms with Gasteiger partial charge in [-0.05, 0) is 18.6 Å². The van der Waals surface area contributed by atoms with Gasteiger partial charge in [-0.25, -0.2) is 8.42 Å². The number of aliphatic carboxylic acids is 1. The molecule has 112 valence electrons. The number of ether oxygens (including phenoxy) is 2. The monoisotopic (exact) mass is 303 g/mol. The maximum Gasteiger partial charge on any atom is 0.304 e. The SMILES string of the molecule is COc1cc(C)c(NS(=O)(=O)CCC(=O)O)cc1OC. The Kier molecular flexibility index (Phi) is 5.20. The number of carboxylic acids is 1. The van der Waals surface area contributed by atoms with Gasteiger partial charge in [0.05, 0.1) is 32.1 Å². The minimum Gasteiger partial charge on any atom is -0.493 e. The predicted molar refractivity (Wildman–Crippen MR) is 73.9 cm³/mol. The lowest BCUT2D eigenvalue weighted by Crippen LogP contribution is -2.19. The summed E-state index contributed by atoms with van der Waals surface area (Å²) in [4.78, 5) is 10.4. The second-order valence-electron chi connectivity index (χ2n) is 4.09. The number of hydrogen-bond acceptors (Lipinski definition) is 5. The Morgan fingerprint density at radius 2 is 1.80 bits per heavy atom. The lowest BCUT2D eigenvalue weighted by atomic mass is 10.2. The minimum atomic E-state index is -3.72. The molecular formula is C12H17NO6S. The number of carboxylic acid groups (broad SMARTS) is 1. The Labute approximate surface area is 117 Å². The largest absolute Gasteiger partial charge is 0.493 e. The second-order valence-corrected chi connectivity index (χ2v) is 5.93. The summed E-state index contributed by atoms with van der Waals surface area (Å²) in [5.74, 6) is -0.789. The molecule has 1 aromatic carbocycles. The van der Waals surface area contributed by atoms with Gasteiger partial charge in [-0.15, -0.1) is 0 Å². The minimum absolute atomic E-state index is 0.327. The molecule has 0 fully saturated rings. The lowest BCUT2D eigenvalue weighted by Gasteiger charge is -2.14. The normalized spacial score (nSPS) is 10.9. The number of aryl methyl sites for hydroxylation is 1. The fourth-order valence-electron chi connectivity index (χ4n) is 1.53. The number of benzene rings is 1. The summed E-state index contributed by atoms with van der Waals surface area (Å²) in [5.41, 5.74) is 0.967. The molecule has 0 amide bonds. The van der Waals surface area contributed by atoms with Crippen LogP contribution < -0.4 is 14.2 Å². The molecule has 1 rings (SSSR count). The highest BCUT2D eigenvalue weighted by atomic mass is 32.2. The molecular weight excluding hydrogens is 286 g/mol. The number of sulfonamides is 1. The Morgan fingerprint density at radius 3 is 2.30 bits per heavy atom. The first kappa shape index (κ1) is 16.1. The molecule has 0 atom stereocenters. The van der Waals surface area contributed by atoms with Crippen LogP contribution in [0.4, 0.5) is 5.69 Å². The van der Waals surface area contributed by atoms with Crippen LogP contribution in [0.15, 0.2) is 12.1 Å². The van der Waals surface area contributed by atoms with E-state index >= 15 is 0 Å². The van der Waals surface area contributed by atoms with E-state index in [2.05, 4.69) is 4.72 Å². The van der Waals surface area contributed by atoms with E-state index in [-0.39, 0.29) is 0 Å². The number of hydrogen-bond donors (Lipinski definition) is 2. The number of rotatable bonds is 7. The third-order valence-corrected chi connectivity index (χ3v) is 3.85. The van der Waals surface area contributed by atoms with Gasteiger partial charge < -0.3 is 14.6 Å². The van der Waals surface area contributed by atoms with E-state index in [1.54, 1.807) is 13.0 Å². The van der Waals surface area contributed by atoms with E-state index < -0.39 is 28.2 Å². The summed E-state index contributed by atoms with van der Waals surface area (Å²) in [7, 11) is -0.803. The zero-order valence-corrected chi connectivity index (χ0v) is 12.3. The van der Waals surface area contributed by atoms with Crippen molar-refractivity contribution in [3.8, 4) is 11.5 Å². The summed E-state index contributed by atoms with van der Waals surface area (Å²) in [6, 6.07) is 3.13. The van der Waals surface area contributed by atoms with Crippen LogP contribution in [-0.2, 0) is 14.8 Å². The van der Waals surface area contributed by atoms with Crippen LogP contribution in [0.5, 0.6) is 11.5 Å². The van der Waals surface area contributed by atoms with Crippen molar-refractivity contribution in [1.29, 1.82) is 0 Å². The third kappa shape index (κ3) is 4.30. The van der Waals surface area contributed by atoms with Crippen molar-refractivity contribution in [2.75, 3.05) is 24.7 Å². The van der Waals surface area contributed by atoms with Crippen LogP contribution in [0.2, 0.25) is 0 Å². The zero-order valence-electron chi connectivity index (χ0n) is 11.5. The number of methoxy groups -OCH3 is 2. The second kappa shape index (κ2) is 6.47. The summed E-state index contributed by atoms with van der Waals surface area (Å²) < 4.78 is 36.1. The van der Waals surface area contributed by atoms with Crippen LogP contribution in [0.25, 0.3) is 0 Å². The molecule has 0 radical (unpaired) electrons. The first-order valence-electron chi connectivity index (χ1n) is 5.74. The molecule has 8 heteroatoms. The van der Waals surface area contributed by atoms with Crippen molar-refractivity contribution >= 4 is 21.7 Å². The lowest BCUT2D eigenvalue weighted by molar-refractivity contribution is -0.136. The fourth-order valence-corrected chi connectivity index (χ4v) is 2.63. The summed E-state index contributed by atoms with van der Waals surface area (Å²) in [6.45, 7) is 1.71. The highest BCUT2D eigenvalue weighted by Gasteiger charge is 2.16. The standard InChI is InChI=1S/C12H17NO6S/c1-8-6-10(18-2)11(19-3)7-9(8)13-20(16,17)5-4-12(14)15/h6-7,13H,4-5H2,1-3H3,(H,14,15). The van der Waals surface area contributed by atoms with Crippen LogP contribution in [-0.4, -0.2) is 39.5 Å². The first-order chi connectivity index (χ1) is 9.29. The molecule has 0 bridgehead atoms. The van der Waals surface area contributed by atoms with Crippen molar-refractivity contribution < 1.29 is 27.8 Å². The molecule has 0 aromatic heterocycles. The molecule has 0 aliphatic rings. The molecule has 7 nitrogen and oxygen atoms in total. The zero-order chi connectivity index (χ0) is 15.3. The molecule has 0 aliphatic carbocycles. The van der Waals surface area contributed by atoms with E-state index in [4.69, 9.17) is 14.6 Å². The maximum absolute atomic E-state index is 11.8. The van der Waals surface area contributed by atoms with Crippen molar-refractivity contribution in [2.24, 2.45) is 0 Å². The van der Waals surface area contributed by atoms with Crippen LogP contribution in [0.3, 0.4) is 0 Å². The molecule has 20 heavy (non-hydrogen) atoms. The summed E-state index contributed by atoms with van der Waals surface area (Å²) >= 11 is 0. The Hall–Kier alpha value is -1.96. The molecule has 0 heterocycles. The summed E-state index contributed by atoms with van der Waals surface area (Å²) in [6.07, 6.45) is -0.457. The molecule has 1 aromatic rings. The summed E-state index contributed by atoms with van der Waals surface area (Å²) in [5, 5.41) is 8.52. The number of carbonyl (C=O) groups is 1. The van der Waals surface area contributed by atoms with Gasteiger partial charge in [0.2, 0.25) is 10.0 Å². The quantitative estimate of drug-likeness (QED) is 0.785. The smallest absolute Gasteiger partial charge is 0.304 e. The van der Waals surface area contributed by atoms with Crippen molar-refractivity contribution in [3.05, 3.63) is 17.7 Å². The third-order valence-electron chi connectivity index (χ3n) is 2.58. The average Bonchev–Trinajstić information content (AvgIpc) is 2.38. The topological polar surface area (TPSA) is 102 Å². The van der Waals surface area contributed by atoms with Crippen molar-refractivity contribution in [1.82, 2.24) is 0 Å². The van der Waals surface area contributed by atoms with Crippen LogP contribution in [0, 0.1) is 6.92 Å². The van der Waals surface area contributed by atoms with E-state index in [9.17, 15) is 13.2 Å². The Balaban J connectivity index is 3.00. The fraction of sp³-hybridized carbons (Fsp3) is 0.417. The van der Waals surface area contributed by atoms with Gasteiger partial charge in [0.1, 0.15) is 0 Å². The Morgan fingerprint density at radius 1 is 1.25 bits per heavy atom.